The van der Waals surface area contributed by atoms with Gasteiger partial charge in [-0.05, 0) is 36.6 Å². The lowest BCUT2D eigenvalue weighted by Gasteiger charge is -2.24. The first-order chi connectivity index (χ1) is 6.83. The van der Waals surface area contributed by atoms with E-state index in [1.165, 1.54) is 6.07 Å². The molecule has 0 amide bonds. The molecule has 2 aliphatic heterocycles. The van der Waals surface area contributed by atoms with Crippen LogP contribution < -0.4 is 4.74 Å². The van der Waals surface area contributed by atoms with Crippen LogP contribution in [0.25, 0.3) is 0 Å². The van der Waals surface area contributed by atoms with E-state index >= 15 is 0 Å². The lowest BCUT2D eigenvalue weighted by Crippen LogP contribution is -2.27. The van der Waals surface area contributed by atoms with E-state index in [0.29, 0.717) is 0 Å². The Labute approximate surface area is 81.6 Å². The molecule has 1 aromatic carbocycles. The van der Waals surface area contributed by atoms with Crippen molar-refractivity contribution in [3.05, 3.63) is 29.6 Å². The molecule has 0 aliphatic carbocycles. The third-order valence-corrected chi connectivity index (χ3v) is 2.77. The second-order valence-corrected chi connectivity index (χ2v) is 3.82. The smallest absolute Gasteiger partial charge is 0.127 e. The maximum absolute atomic E-state index is 12.9. The summed E-state index contributed by atoms with van der Waals surface area (Å²) in [5.41, 5.74) is 0.974. The van der Waals surface area contributed by atoms with Crippen molar-refractivity contribution in [2.45, 2.75) is 25.0 Å². The number of hydrogen-bond donors (Lipinski definition) is 0. The number of fused-ring (bicyclic) bond motifs is 1. The molecule has 0 radical (unpaired) electrons. The molecular formula is C11H11FO2. The highest BCUT2D eigenvalue weighted by Gasteiger charge is 2.36. The molecule has 1 aromatic rings. The van der Waals surface area contributed by atoms with Gasteiger partial charge in [0.15, 0.2) is 0 Å². The Morgan fingerprint density at radius 3 is 2.93 bits per heavy atom. The van der Waals surface area contributed by atoms with Crippen LogP contribution in [0.5, 0.6) is 5.75 Å². The third-order valence-electron chi connectivity index (χ3n) is 2.77. The number of aryl methyl sites for hydroxylation is 1. The molecule has 0 N–H and O–H groups in total. The SMILES string of the molecule is Fc1ccc2c(c1)CCC([C@H]1CO1)O2. The standard InChI is InChI=1S/C11H11FO2/c12-8-2-4-9-7(5-8)1-3-10(14-9)11-6-13-11/h2,4-5,10-11H,1,3,6H2/t10?,11-/m1/s1. The predicted octanol–water partition coefficient (Wildman–Crippen LogP) is 1.92. The Hall–Kier alpha value is -1.09. The minimum absolute atomic E-state index is 0.174. The van der Waals surface area contributed by atoms with Gasteiger partial charge in [-0.25, -0.2) is 4.39 Å². The van der Waals surface area contributed by atoms with Crippen molar-refractivity contribution in [1.82, 2.24) is 0 Å². The largest absolute Gasteiger partial charge is 0.487 e. The molecule has 1 unspecified atom stereocenters. The van der Waals surface area contributed by atoms with E-state index in [2.05, 4.69) is 0 Å². The highest BCUT2D eigenvalue weighted by molar-refractivity contribution is 5.36. The van der Waals surface area contributed by atoms with Gasteiger partial charge in [0.1, 0.15) is 23.8 Å². The van der Waals surface area contributed by atoms with Crippen molar-refractivity contribution >= 4 is 0 Å². The summed E-state index contributed by atoms with van der Waals surface area (Å²) in [6.45, 7) is 0.807. The van der Waals surface area contributed by atoms with Crippen molar-refractivity contribution < 1.29 is 13.9 Å². The van der Waals surface area contributed by atoms with Gasteiger partial charge in [-0.3, -0.25) is 0 Å². The molecule has 1 saturated heterocycles. The van der Waals surface area contributed by atoms with Crippen LogP contribution in [0.3, 0.4) is 0 Å². The van der Waals surface area contributed by atoms with E-state index in [0.717, 1.165) is 30.8 Å². The van der Waals surface area contributed by atoms with Crippen LogP contribution in [0, 0.1) is 5.82 Å². The lowest BCUT2D eigenvalue weighted by molar-refractivity contribution is 0.136. The summed E-state index contributed by atoms with van der Waals surface area (Å²) in [7, 11) is 0. The van der Waals surface area contributed by atoms with Gasteiger partial charge in [0.2, 0.25) is 0 Å². The Kier molecular flexibility index (Phi) is 1.74. The van der Waals surface area contributed by atoms with E-state index in [1.807, 2.05) is 0 Å². The Morgan fingerprint density at radius 1 is 1.29 bits per heavy atom. The average molecular weight is 194 g/mol. The highest BCUT2D eigenvalue weighted by Crippen LogP contribution is 2.32. The summed E-state index contributed by atoms with van der Waals surface area (Å²) in [6.07, 6.45) is 2.26. The first-order valence-electron chi connectivity index (χ1n) is 4.89. The van der Waals surface area contributed by atoms with Gasteiger partial charge in [-0.15, -0.1) is 0 Å². The molecular weight excluding hydrogens is 183 g/mol. The maximum Gasteiger partial charge on any atom is 0.127 e. The first-order valence-corrected chi connectivity index (χ1v) is 4.89. The van der Waals surface area contributed by atoms with Gasteiger partial charge in [0, 0.05) is 0 Å². The fourth-order valence-corrected chi connectivity index (χ4v) is 1.91. The molecule has 0 aromatic heterocycles. The highest BCUT2D eigenvalue weighted by atomic mass is 19.1. The Bertz CT molecular complexity index is 360. The zero-order valence-electron chi connectivity index (χ0n) is 7.70. The summed E-state index contributed by atoms with van der Waals surface area (Å²) in [5, 5.41) is 0. The molecule has 3 heteroatoms. The van der Waals surface area contributed by atoms with Crippen molar-refractivity contribution in [1.29, 1.82) is 0 Å². The molecule has 2 aliphatic rings. The van der Waals surface area contributed by atoms with Crippen LogP contribution in [-0.4, -0.2) is 18.8 Å². The molecule has 74 valence electrons. The molecule has 0 bridgehead atoms. The van der Waals surface area contributed by atoms with Crippen LogP contribution in [0.1, 0.15) is 12.0 Å². The predicted molar refractivity (Wildman–Crippen MR) is 48.9 cm³/mol. The van der Waals surface area contributed by atoms with Crippen LogP contribution in [0.4, 0.5) is 4.39 Å². The van der Waals surface area contributed by atoms with Gasteiger partial charge in [-0.1, -0.05) is 0 Å². The first kappa shape index (κ1) is 8.24. The van der Waals surface area contributed by atoms with Gasteiger partial charge in [-0.2, -0.15) is 0 Å². The molecule has 2 atom stereocenters. The number of halogens is 1. The van der Waals surface area contributed by atoms with Gasteiger partial charge in [0.05, 0.1) is 6.61 Å². The second kappa shape index (κ2) is 2.95. The molecule has 2 nitrogen and oxygen atoms in total. The van der Waals surface area contributed by atoms with Crippen LogP contribution >= 0.6 is 0 Å². The number of benzene rings is 1. The van der Waals surface area contributed by atoms with Crippen LogP contribution in [-0.2, 0) is 11.2 Å². The molecule has 3 rings (SSSR count). The molecule has 2 heterocycles. The van der Waals surface area contributed by atoms with E-state index < -0.39 is 0 Å². The van der Waals surface area contributed by atoms with E-state index in [1.54, 1.807) is 12.1 Å². The fourth-order valence-electron chi connectivity index (χ4n) is 1.91. The molecule has 14 heavy (non-hydrogen) atoms. The van der Waals surface area contributed by atoms with E-state index in [4.69, 9.17) is 9.47 Å². The van der Waals surface area contributed by atoms with Crippen molar-refractivity contribution in [3.63, 3.8) is 0 Å². The zero-order chi connectivity index (χ0) is 9.54. The maximum atomic E-state index is 12.9. The number of ether oxygens (including phenoxy) is 2. The molecule has 0 spiro atoms. The quantitative estimate of drug-likeness (QED) is 0.637. The lowest BCUT2D eigenvalue weighted by atomic mass is 10.0. The van der Waals surface area contributed by atoms with Gasteiger partial charge in [0.25, 0.3) is 0 Å². The number of epoxide rings is 1. The van der Waals surface area contributed by atoms with Crippen molar-refractivity contribution in [2.24, 2.45) is 0 Å². The van der Waals surface area contributed by atoms with Crippen molar-refractivity contribution in [3.8, 4) is 5.75 Å². The third kappa shape index (κ3) is 1.38. The van der Waals surface area contributed by atoms with Gasteiger partial charge < -0.3 is 9.47 Å². The Morgan fingerprint density at radius 2 is 2.14 bits per heavy atom. The van der Waals surface area contributed by atoms with Gasteiger partial charge >= 0.3 is 0 Å². The van der Waals surface area contributed by atoms with Crippen LogP contribution in [0.15, 0.2) is 18.2 Å². The monoisotopic (exact) mass is 194 g/mol. The van der Waals surface area contributed by atoms with E-state index in [9.17, 15) is 4.39 Å². The molecule has 1 fully saturated rings. The van der Waals surface area contributed by atoms with E-state index in [-0.39, 0.29) is 18.0 Å². The number of rotatable bonds is 1. The number of hydrogen-bond acceptors (Lipinski definition) is 2. The second-order valence-electron chi connectivity index (χ2n) is 3.82. The molecule has 0 saturated carbocycles. The Balaban J connectivity index is 1.86. The normalized spacial score (nSPS) is 29.2. The van der Waals surface area contributed by atoms with Crippen molar-refractivity contribution in [2.75, 3.05) is 6.61 Å². The van der Waals surface area contributed by atoms with Crippen LogP contribution in [0.2, 0.25) is 0 Å². The summed E-state index contributed by atoms with van der Waals surface area (Å²) in [5.74, 6) is 0.631. The summed E-state index contributed by atoms with van der Waals surface area (Å²) < 4.78 is 23.8. The minimum atomic E-state index is -0.187. The zero-order valence-corrected chi connectivity index (χ0v) is 7.70. The summed E-state index contributed by atoms with van der Waals surface area (Å²) in [4.78, 5) is 0. The summed E-state index contributed by atoms with van der Waals surface area (Å²) >= 11 is 0. The average Bonchev–Trinajstić information content (AvgIpc) is 3.00. The summed E-state index contributed by atoms with van der Waals surface area (Å²) in [6, 6.07) is 4.70. The minimum Gasteiger partial charge on any atom is -0.487 e. The fraction of sp³-hybridized carbons (Fsp3) is 0.455. The topological polar surface area (TPSA) is 21.8 Å².